The molecular formula is C21H27Cl2N3OS. The number of nitrogens with zero attached hydrogens (tertiary/aromatic N) is 2. The van der Waals surface area contributed by atoms with Gasteiger partial charge in [-0.25, -0.2) is 4.98 Å². The number of hydrogen-bond acceptors (Lipinski definition) is 5. The van der Waals surface area contributed by atoms with Crippen LogP contribution in [0.1, 0.15) is 11.3 Å². The fraction of sp³-hybridized carbons (Fsp3) is 0.286. The second kappa shape index (κ2) is 12.8. The summed E-state index contributed by atoms with van der Waals surface area (Å²) in [6.45, 7) is 3.31. The van der Waals surface area contributed by atoms with Gasteiger partial charge in [-0.3, -0.25) is 4.90 Å². The van der Waals surface area contributed by atoms with Gasteiger partial charge in [0.2, 0.25) is 0 Å². The molecule has 4 nitrogen and oxygen atoms in total. The van der Waals surface area contributed by atoms with E-state index in [1.54, 1.807) is 18.4 Å². The highest BCUT2D eigenvalue weighted by molar-refractivity contribution is 7.13. The van der Waals surface area contributed by atoms with E-state index in [9.17, 15) is 0 Å². The van der Waals surface area contributed by atoms with E-state index in [4.69, 9.17) is 15.5 Å². The van der Waals surface area contributed by atoms with Crippen LogP contribution < -0.4 is 10.5 Å². The van der Waals surface area contributed by atoms with Crippen LogP contribution in [0.25, 0.3) is 10.6 Å². The molecule has 0 fully saturated rings. The molecule has 2 aromatic carbocycles. The summed E-state index contributed by atoms with van der Waals surface area (Å²) in [6, 6.07) is 18.6. The van der Waals surface area contributed by atoms with Crippen molar-refractivity contribution in [3.63, 3.8) is 0 Å². The van der Waals surface area contributed by atoms with E-state index in [0.717, 1.165) is 48.1 Å². The van der Waals surface area contributed by atoms with Gasteiger partial charge in [0.1, 0.15) is 10.8 Å². The van der Waals surface area contributed by atoms with Crippen molar-refractivity contribution < 1.29 is 4.74 Å². The lowest BCUT2D eigenvalue weighted by Crippen LogP contribution is -2.31. The molecule has 1 aromatic heterocycles. The molecule has 0 saturated heterocycles. The second-order valence-corrected chi connectivity index (χ2v) is 7.00. The molecule has 0 spiro atoms. The van der Waals surface area contributed by atoms with Crippen LogP contribution in [0.15, 0.2) is 60.0 Å². The minimum absolute atomic E-state index is 0. The van der Waals surface area contributed by atoms with Gasteiger partial charge in [0, 0.05) is 31.6 Å². The number of halogens is 2. The molecule has 28 heavy (non-hydrogen) atoms. The van der Waals surface area contributed by atoms with Crippen LogP contribution in [0.2, 0.25) is 0 Å². The summed E-state index contributed by atoms with van der Waals surface area (Å²) in [7, 11) is 1.69. The van der Waals surface area contributed by atoms with E-state index in [-0.39, 0.29) is 24.8 Å². The molecule has 0 bridgehead atoms. The second-order valence-electron chi connectivity index (χ2n) is 6.14. The summed E-state index contributed by atoms with van der Waals surface area (Å²) in [5.74, 6) is 0.858. The summed E-state index contributed by atoms with van der Waals surface area (Å²) in [6.07, 6.45) is 1.02. The fourth-order valence-electron chi connectivity index (χ4n) is 2.94. The molecule has 0 saturated carbocycles. The van der Waals surface area contributed by atoms with Crippen LogP contribution in [0.5, 0.6) is 5.75 Å². The number of nitrogens with two attached hydrogens (primary N) is 1. The molecule has 0 radical (unpaired) electrons. The van der Waals surface area contributed by atoms with Crippen molar-refractivity contribution in [2.75, 3.05) is 26.7 Å². The fourth-order valence-corrected chi connectivity index (χ4v) is 3.78. The first-order chi connectivity index (χ1) is 12.8. The lowest BCUT2D eigenvalue weighted by atomic mass is 10.1. The van der Waals surface area contributed by atoms with E-state index in [1.807, 2.05) is 18.2 Å². The van der Waals surface area contributed by atoms with Gasteiger partial charge in [0.05, 0.1) is 18.4 Å². The molecule has 0 amide bonds. The Hall–Kier alpha value is -1.63. The molecule has 0 aliphatic rings. The third-order valence-electron chi connectivity index (χ3n) is 4.28. The number of aromatic nitrogens is 1. The van der Waals surface area contributed by atoms with Gasteiger partial charge >= 0.3 is 0 Å². The number of methoxy groups -OCH3 is 1. The van der Waals surface area contributed by atoms with Crippen molar-refractivity contribution in [1.29, 1.82) is 0 Å². The van der Waals surface area contributed by atoms with E-state index in [0.29, 0.717) is 6.54 Å². The Bertz CT molecular complexity index is 814. The molecule has 0 aliphatic carbocycles. The van der Waals surface area contributed by atoms with Gasteiger partial charge in [-0.2, -0.15) is 0 Å². The van der Waals surface area contributed by atoms with Crippen LogP contribution in [-0.4, -0.2) is 36.6 Å². The van der Waals surface area contributed by atoms with Gasteiger partial charge in [0.15, 0.2) is 0 Å². The first kappa shape index (κ1) is 24.4. The average Bonchev–Trinajstić information content (AvgIpc) is 3.15. The lowest BCUT2D eigenvalue weighted by molar-refractivity contribution is 0.274. The highest BCUT2D eigenvalue weighted by Crippen LogP contribution is 2.32. The molecule has 152 valence electrons. The van der Waals surface area contributed by atoms with Crippen LogP contribution in [0, 0.1) is 0 Å². The van der Waals surface area contributed by atoms with E-state index in [2.05, 4.69) is 46.7 Å². The standard InChI is InChI=1S/C21H25N3OS.2ClH/c1-25-20-10-6-5-9-19(20)21-23-18(16-26-21)15-24(14-12-22)13-11-17-7-3-2-4-8-17;;/h2-10,16H,11-15,22H2,1H3;2*1H. The number of thiazole rings is 1. The molecular weight excluding hydrogens is 413 g/mol. The molecule has 0 unspecified atom stereocenters. The SMILES string of the molecule is COc1ccccc1-c1nc(CN(CCN)CCc2ccccc2)cs1.Cl.Cl. The maximum atomic E-state index is 5.81. The normalized spacial score (nSPS) is 10.2. The van der Waals surface area contributed by atoms with Crippen molar-refractivity contribution >= 4 is 36.2 Å². The Morgan fingerprint density at radius 3 is 2.43 bits per heavy atom. The van der Waals surface area contributed by atoms with Gasteiger partial charge in [-0.1, -0.05) is 42.5 Å². The quantitative estimate of drug-likeness (QED) is 0.526. The predicted molar refractivity (Wildman–Crippen MR) is 123 cm³/mol. The molecule has 2 N–H and O–H groups in total. The van der Waals surface area contributed by atoms with Gasteiger partial charge < -0.3 is 10.5 Å². The average molecular weight is 440 g/mol. The minimum Gasteiger partial charge on any atom is -0.496 e. The smallest absolute Gasteiger partial charge is 0.129 e. The highest BCUT2D eigenvalue weighted by Gasteiger charge is 2.12. The predicted octanol–water partition coefficient (Wildman–Crippen LogP) is 4.67. The largest absolute Gasteiger partial charge is 0.496 e. The summed E-state index contributed by atoms with van der Waals surface area (Å²) in [5.41, 5.74) is 9.28. The molecule has 3 aromatic rings. The first-order valence-corrected chi connectivity index (χ1v) is 9.72. The Balaban J connectivity index is 0.00000196. The maximum absolute atomic E-state index is 5.81. The number of benzene rings is 2. The lowest BCUT2D eigenvalue weighted by Gasteiger charge is -2.20. The van der Waals surface area contributed by atoms with Crippen molar-refractivity contribution in [1.82, 2.24) is 9.88 Å². The van der Waals surface area contributed by atoms with E-state index >= 15 is 0 Å². The van der Waals surface area contributed by atoms with Crippen molar-refractivity contribution in [3.05, 3.63) is 71.2 Å². The monoisotopic (exact) mass is 439 g/mol. The van der Waals surface area contributed by atoms with E-state index < -0.39 is 0 Å². The zero-order valence-electron chi connectivity index (χ0n) is 15.9. The summed E-state index contributed by atoms with van der Waals surface area (Å²) in [5, 5.41) is 3.13. The minimum atomic E-state index is 0. The van der Waals surface area contributed by atoms with Crippen LogP contribution in [0.3, 0.4) is 0 Å². The number of para-hydroxylation sites is 1. The number of ether oxygens (including phenoxy) is 1. The molecule has 0 aliphatic heterocycles. The van der Waals surface area contributed by atoms with E-state index in [1.165, 1.54) is 5.56 Å². The highest BCUT2D eigenvalue weighted by atomic mass is 35.5. The number of hydrogen-bond donors (Lipinski definition) is 1. The molecule has 7 heteroatoms. The van der Waals surface area contributed by atoms with Gasteiger partial charge in [-0.05, 0) is 24.1 Å². The third kappa shape index (κ3) is 6.76. The van der Waals surface area contributed by atoms with Crippen molar-refractivity contribution in [3.8, 4) is 16.3 Å². The van der Waals surface area contributed by atoms with Crippen molar-refractivity contribution in [2.24, 2.45) is 5.73 Å². The summed E-state index contributed by atoms with van der Waals surface area (Å²) in [4.78, 5) is 7.19. The zero-order chi connectivity index (χ0) is 18.2. The molecule has 0 atom stereocenters. The van der Waals surface area contributed by atoms with Crippen LogP contribution in [0.4, 0.5) is 0 Å². The topological polar surface area (TPSA) is 51.4 Å². The Morgan fingerprint density at radius 1 is 1.00 bits per heavy atom. The first-order valence-electron chi connectivity index (χ1n) is 8.84. The summed E-state index contributed by atoms with van der Waals surface area (Å²) < 4.78 is 5.46. The van der Waals surface area contributed by atoms with Crippen LogP contribution >= 0.6 is 36.2 Å². The molecule has 3 rings (SSSR count). The maximum Gasteiger partial charge on any atom is 0.129 e. The third-order valence-corrected chi connectivity index (χ3v) is 5.20. The number of rotatable bonds is 9. The summed E-state index contributed by atoms with van der Waals surface area (Å²) >= 11 is 1.66. The Kier molecular flexibility index (Phi) is 11.1. The van der Waals surface area contributed by atoms with Gasteiger partial charge in [0.25, 0.3) is 0 Å². The zero-order valence-corrected chi connectivity index (χ0v) is 18.4. The Morgan fingerprint density at radius 2 is 1.71 bits per heavy atom. The van der Waals surface area contributed by atoms with Crippen molar-refractivity contribution in [2.45, 2.75) is 13.0 Å². The Labute approximate surface area is 183 Å². The molecule has 1 heterocycles. The van der Waals surface area contributed by atoms with Crippen LogP contribution in [-0.2, 0) is 13.0 Å². The van der Waals surface area contributed by atoms with Gasteiger partial charge in [-0.15, -0.1) is 36.2 Å².